The van der Waals surface area contributed by atoms with Gasteiger partial charge in [-0.2, -0.15) is 0 Å². The standard InChI is InChI=1S/C41H59N5O7/c1-6-29(4)24-33(37(48)41(5)27-53-41)43-40(51)35(25-31-15-11-8-12-16-31)45-39(50)34(23-28(2)3)44-38(49)32(18-17-30-13-9-7-10-14-30)42-36(47)26-46-19-21-52-22-20-46/h7-16,28-29,32-35H,6,17-27H2,1-5H3,(H,42,47)(H,43,51)(H,44,49)(H,45,50)/t29?,32-,33-,34-,35-,41+/m0/s1. The van der Waals surface area contributed by atoms with Crippen molar-refractivity contribution in [1.29, 1.82) is 0 Å². The van der Waals surface area contributed by atoms with Crippen LogP contribution in [0.25, 0.3) is 0 Å². The van der Waals surface area contributed by atoms with Crippen molar-refractivity contribution in [2.24, 2.45) is 11.8 Å². The normalized spacial score (nSPS) is 20.0. The lowest BCUT2D eigenvalue weighted by Gasteiger charge is -2.29. The molecule has 0 aromatic heterocycles. The van der Waals surface area contributed by atoms with E-state index in [1.165, 1.54) is 0 Å². The molecule has 4 rings (SSSR count). The minimum absolute atomic E-state index is 0.0166. The average molecular weight is 734 g/mol. The lowest BCUT2D eigenvalue weighted by atomic mass is 9.91. The molecule has 2 aromatic carbocycles. The van der Waals surface area contributed by atoms with Gasteiger partial charge in [-0.15, -0.1) is 0 Å². The van der Waals surface area contributed by atoms with Crippen LogP contribution in [0.3, 0.4) is 0 Å². The molecule has 290 valence electrons. The molecule has 4 N–H and O–H groups in total. The van der Waals surface area contributed by atoms with Crippen LogP contribution >= 0.6 is 0 Å². The second kappa shape index (κ2) is 20.4. The predicted molar refractivity (Wildman–Crippen MR) is 203 cm³/mol. The molecule has 2 aromatic rings. The third kappa shape index (κ3) is 13.7. The van der Waals surface area contributed by atoms with Gasteiger partial charge in [0.25, 0.3) is 0 Å². The smallest absolute Gasteiger partial charge is 0.243 e. The molecule has 2 aliphatic heterocycles. The molecular weight excluding hydrogens is 674 g/mol. The molecule has 4 amide bonds. The molecule has 1 unspecified atom stereocenters. The topological polar surface area (TPSA) is 158 Å². The fourth-order valence-corrected chi connectivity index (χ4v) is 6.43. The number of rotatable bonds is 21. The van der Waals surface area contributed by atoms with Crippen molar-refractivity contribution in [1.82, 2.24) is 26.2 Å². The Labute approximate surface area is 314 Å². The molecule has 53 heavy (non-hydrogen) atoms. The van der Waals surface area contributed by atoms with Gasteiger partial charge in [-0.25, -0.2) is 0 Å². The molecule has 12 nitrogen and oxygen atoms in total. The molecule has 0 bridgehead atoms. The van der Waals surface area contributed by atoms with Crippen LogP contribution in [-0.4, -0.2) is 104 Å². The van der Waals surface area contributed by atoms with Crippen molar-refractivity contribution in [3.8, 4) is 0 Å². The quantitative estimate of drug-likeness (QED) is 0.143. The van der Waals surface area contributed by atoms with Crippen molar-refractivity contribution in [2.75, 3.05) is 39.5 Å². The van der Waals surface area contributed by atoms with E-state index in [1.807, 2.05) is 93.3 Å². The monoisotopic (exact) mass is 733 g/mol. The first-order valence-electron chi connectivity index (χ1n) is 19.1. The van der Waals surface area contributed by atoms with Crippen LogP contribution in [0.4, 0.5) is 0 Å². The Morgan fingerprint density at radius 3 is 1.87 bits per heavy atom. The van der Waals surface area contributed by atoms with Crippen LogP contribution in [0, 0.1) is 11.8 Å². The average Bonchev–Trinajstić information content (AvgIpc) is 3.91. The summed E-state index contributed by atoms with van der Waals surface area (Å²) in [5, 5.41) is 11.7. The molecule has 0 spiro atoms. The zero-order chi connectivity index (χ0) is 38.4. The van der Waals surface area contributed by atoms with Crippen molar-refractivity contribution < 1.29 is 33.4 Å². The van der Waals surface area contributed by atoms with Gasteiger partial charge in [-0.05, 0) is 55.6 Å². The lowest BCUT2D eigenvalue weighted by molar-refractivity contribution is -0.135. The van der Waals surface area contributed by atoms with Crippen molar-refractivity contribution >= 4 is 29.4 Å². The van der Waals surface area contributed by atoms with Crippen molar-refractivity contribution in [2.45, 2.75) is 103 Å². The number of epoxide rings is 1. The first-order valence-corrected chi connectivity index (χ1v) is 19.1. The summed E-state index contributed by atoms with van der Waals surface area (Å²) < 4.78 is 10.8. The zero-order valence-corrected chi connectivity index (χ0v) is 32.0. The van der Waals surface area contributed by atoms with E-state index in [0.717, 1.165) is 17.5 Å². The number of nitrogens with one attached hydrogen (secondary N) is 4. The maximum Gasteiger partial charge on any atom is 0.243 e. The van der Waals surface area contributed by atoms with Gasteiger partial charge in [0.05, 0.1) is 32.4 Å². The highest BCUT2D eigenvalue weighted by Gasteiger charge is 2.50. The van der Waals surface area contributed by atoms with Crippen LogP contribution < -0.4 is 21.3 Å². The molecule has 2 fully saturated rings. The van der Waals surface area contributed by atoms with E-state index in [0.29, 0.717) is 58.6 Å². The number of hydrogen-bond acceptors (Lipinski definition) is 8. The highest BCUT2D eigenvalue weighted by molar-refractivity contribution is 5.98. The van der Waals surface area contributed by atoms with E-state index >= 15 is 0 Å². The molecule has 12 heteroatoms. The second-order valence-electron chi connectivity index (χ2n) is 15.2. The lowest BCUT2D eigenvalue weighted by Crippen LogP contribution is -2.59. The van der Waals surface area contributed by atoms with Gasteiger partial charge in [0, 0.05) is 19.5 Å². The maximum absolute atomic E-state index is 14.1. The summed E-state index contributed by atoms with van der Waals surface area (Å²) in [6, 6.07) is 15.4. The van der Waals surface area contributed by atoms with Crippen molar-refractivity contribution in [3.05, 3.63) is 71.8 Å². The number of morpholine rings is 1. The van der Waals surface area contributed by atoms with Gasteiger partial charge in [0.2, 0.25) is 23.6 Å². The van der Waals surface area contributed by atoms with E-state index in [9.17, 15) is 24.0 Å². The molecule has 6 atom stereocenters. The number of carbonyl (C=O) groups excluding carboxylic acids is 5. The van der Waals surface area contributed by atoms with Gasteiger partial charge in [0.1, 0.15) is 23.7 Å². The number of nitrogens with zero attached hydrogens (tertiary/aromatic N) is 1. The fraction of sp³-hybridized carbons (Fsp3) is 0.585. The molecule has 2 saturated heterocycles. The Bertz CT molecular complexity index is 1490. The molecule has 2 heterocycles. The Balaban J connectivity index is 1.52. The number of hydrogen-bond donors (Lipinski definition) is 4. The Kier molecular flexibility index (Phi) is 16.0. The van der Waals surface area contributed by atoms with E-state index in [1.54, 1.807) is 6.92 Å². The largest absolute Gasteiger partial charge is 0.379 e. The number of aryl methyl sites for hydroxylation is 1. The summed E-state index contributed by atoms with van der Waals surface area (Å²) in [7, 11) is 0. The SMILES string of the molecule is CCC(C)C[C@H](NC(=O)[C@H](Cc1ccccc1)NC(=O)[C@H](CC(C)C)NC(=O)[C@H](CCc1ccccc1)NC(=O)CN1CCOCC1)C(=O)[C@@]1(C)CO1. The molecule has 0 radical (unpaired) electrons. The minimum Gasteiger partial charge on any atom is -0.379 e. The van der Waals surface area contributed by atoms with Gasteiger partial charge in [-0.1, -0.05) is 94.8 Å². The van der Waals surface area contributed by atoms with E-state index in [-0.39, 0.29) is 36.5 Å². The summed E-state index contributed by atoms with van der Waals surface area (Å²) in [5.74, 6) is -1.76. The summed E-state index contributed by atoms with van der Waals surface area (Å²) in [4.78, 5) is 70.8. The fourth-order valence-electron chi connectivity index (χ4n) is 6.43. The minimum atomic E-state index is -1.03. The van der Waals surface area contributed by atoms with Crippen LogP contribution in [0.1, 0.15) is 71.4 Å². The molecule has 2 aliphatic rings. The van der Waals surface area contributed by atoms with Gasteiger partial charge >= 0.3 is 0 Å². The Morgan fingerprint density at radius 1 is 0.736 bits per heavy atom. The number of benzene rings is 2. The molecular formula is C41H59N5O7. The molecule has 0 saturated carbocycles. The number of carbonyl (C=O) groups is 5. The third-order valence-corrected chi connectivity index (χ3v) is 10.0. The Morgan fingerprint density at radius 2 is 1.28 bits per heavy atom. The van der Waals surface area contributed by atoms with E-state index < -0.39 is 47.5 Å². The van der Waals surface area contributed by atoms with Crippen LogP contribution in [-0.2, 0) is 46.3 Å². The number of ether oxygens (including phenoxy) is 2. The van der Waals surface area contributed by atoms with Gasteiger partial charge in [0.15, 0.2) is 5.78 Å². The summed E-state index contributed by atoms with van der Waals surface area (Å²) >= 11 is 0. The number of Topliss-reactive ketones (excluding diaryl/α,β-unsaturated/α-hetero) is 1. The predicted octanol–water partition coefficient (Wildman–Crippen LogP) is 2.97. The van der Waals surface area contributed by atoms with Gasteiger partial charge in [-0.3, -0.25) is 28.9 Å². The van der Waals surface area contributed by atoms with E-state index in [4.69, 9.17) is 9.47 Å². The summed E-state index contributed by atoms with van der Waals surface area (Å²) in [6.45, 7) is 12.5. The summed E-state index contributed by atoms with van der Waals surface area (Å²) in [6.07, 6.45) is 2.62. The zero-order valence-electron chi connectivity index (χ0n) is 32.0. The summed E-state index contributed by atoms with van der Waals surface area (Å²) in [5.41, 5.74) is 0.917. The molecule has 0 aliphatic carbocycles. The number of amides is 4. The highest BCUT2D eigenvalue weighted by atomic mass is 16.6. The van der Waals surface area contributed by atoms with Crippen LogP contribution in [0.5, 0.6) is 0 Å². The van der Waals surface area contributed by atoms with Gasteiger partial charge < -0.3 is 30.7 Å². The van der Waals surface area contributed by atoms with Crippen LogP contribution in [0.15, 0.2) is 60.7 Å². The third-order valence-electron chi connectivity index (χ3n) is 10.0. The highest BCUT2D eigenvalue weighted by Crippen LogP contribution is 2.30. The van der Waals surface area contributed by atoms with E-state index in [2.05, 4.69) is 21.3 Å². The maximum atomic E-state index is 14.1. The van der Waals surface area contributed by atoms with Crippen molar-refractivity contribution in [3.63, 3.8) is 0 Å². The first kappa shape index (κ1) is 41.6. The first-order chi connectivity index (χ1) is 25.4. The van der Waals surface area contributed by atoms with Crippen LogP contribution in [0.2, 0.25) is 0 Å². The number of ketones is 1. The Hall–Kier alpha value is -4.13. The second-order valence-corrected chi connectivity index (χ2v) is 15.2.